The average Bonchev–Trinajstić information content (AvgIpc) is 2.91. The highest BCUT2D eigenvalue weighted by Crippen LogP contribution is 2.26. The molecule has 1 aromatic heterocycles. The second kappa shape index (κ2) is 6.52. The summed E-state index contributed by atoms with van der Waals surface area (Å²) in [7, 11) is 0. The average molecular weight is 275 g/mol. The minimum absolute atomic E-state index is 0.106. The molecule has 1 unspecified atom stereocenters. The van der Waals surface area contributed by atoms with Crippen LogP contribution in [0.15, 0.2) is 22.7 Å². The molecule has 0 radical (unpaired) electrons. The van der Waals surface area contributed by atoms with E-state index in [0.29, 0.717) is 18.3 Å². The lowest BCUT2D eigenvalue weighted by molar-refractivity contribution is 0.0478. The van der Waals surface area contributed by atoms with Gasteiger partial charge < -0.3 is 15.0 Å². The number of rotatable bonds is 6. The first-order valence-corrected chi connectivity index (χ1v) is 6.97. The Morgan fingerprint density at radius 1 is 1.35 bits per heavy atom. The smallest absolute Gasteiger partial charge is 0.258 e. The Hall–Kier alpha value is -1.88. The molecule has 0 spiro atoms. The van der Waals surface area contributed by atoms with E-state index in [-0.39, 0.29) is 6.10 Å². The monoisotopic (exact) mass is 275 g/mol. The summed E-state index contributed by atoms with van der Waals surface area (Å²) in [6.07, 6.45) is 1.78. The fourth-order valence-corrected chi connectivity index (χ4v) is 2.01. The van der Waals surface area contributed by atoms with Gasteiger partial charge in [-0.2, -0.15) is 4.98 Å². The molecule has 0 aliphatic heterocycles. The Bertz CT molecular complexity index is 560. The van der Waals surface area contributed by atoms with E-state index < -0.39 is 0 Å². The number of aryl methyl sites for hydroxylation is 1. The van der Waals surface area contributed by atoms with Gasteiger partial charge in [-0.25, -0.2) is 0 Å². The molecule has 2 N–H and O–H groups in total. The van der Waals surface area contributed by atoms with Crippen molar-refractivity contribution < 1.29 is 9.26 Å². The van der Waals surface area contributed by atoms with Crippen LogP contribution in [0, 0.1) is 6.92 Å². The molecule has 0 aliphatic carbocycles. The molecule has 2 aromatic rings. The number of aromatic nitrogens is 2. The standard InChI is InChI=1S/C15H21N3O2/c1-4-6-13(19-5-2)14-17-15(20-18-14)11-8-7-10(3)12(16)9-11/h7-9,13H,4-6,16H2,1-3H3. The number of nitrogen functional groups attached to an aromatic ring is 1. The molecule has 0 saturated carbocycles. The van der Waals surface area contributed by atoms with Gasteiger partial charge in [0.2, 0.25) is 5.82 Å². The molecule has 0 saturated heterocycles. The summed E-state index contributed by atoms with van der Waals surface area (Å²) in [5, 5.41) is 4.03. The van der Waals surface area contributed by atoms with E-state index in [1.165, 1.54) is 0 Å². The van der Waals surface area contributed by atoms with Crippen molar-refractivity contribution >= 4 is 5.69 Å². The second-order valence-electron chi connectivity index (χ2n) is 4.76. The normalized spacial score (nSPS) is 12.6. The summed E-state index contributed by atoms with van der Waals surface area (Å²) in [5.41, 5.74) is 8.49. The second-order valence-corrected chi connectivity index (χ2v) is 4.76. The summed E-state index contributed by atoms with van der Waals surface area (Å²) >= 11 is 0. The van der Waals surface area contributed by atoms with E-state index in [0.717, 1.165) is 29.7 Å². The maximum absolute atomic E-state index is 5.91. The van der Waals surface area contributed by atoms with Crippen molar-refractivity contribution in [2.45, 2.75) is 39.7 Å². The van der Waals surface area contributed by atoms with Gasteiger partial charge in [0.05, 0.1) is 0 Å². The zero-order valence-electron chi connectivity index (χ0n) is 12.2. The van der Waals surface area contributed by atoms with E-state index in [9.17, 15) is 0 Å². The maximum Gasteiger partial charge on any atom is 0.258 e. The highest BCUT2D eigenvalue weighted by atomic mass is 16.5. The molecule has 5 heteroatoms. The summed E-state index contributed by atoms with van der Waals surface area (Å²) < 4.78 is 11.0. The summed E-state index contributed by atoms with van der Waals surface area (Å²) in [6.45, 7) is 6.66. The van der Waals surface area contributed by atoms with E-state index in [4.69, 9.17) is 15.0 Å². The van der Waals surface area contributed by atoms with Crippen LogP contribution < -0.4 is 5.73 Å². The third-order valence-electron chi connectivity index (χ3n) is 3.17. The lowest BCUT2D eigenvalue weighted by Crippen LogP contribution is -2.05. The molecule has 108 valence electrons. The van der Waals surface area contributed by atoms with Crippen molar-refractivity contribution in [3.05, 3.63) is 29.6 Å². The number of hydrogen-bond acceptors (Lipinski definition) is 5. The molecule has 0 amide bonds. The van der Waals surface area contributed by atoms with E-state index in [2.05, 4.69) is 17.1 Å². The largest absolute Gasteiger partial charge is 0.398 e. The number of ether oxygens (including phenoxy) is 1. The van der Waals surface area contributed by atoms with Gasteiger partial charge in [0.15, 0.2) is 0 Å². The van der Waals surface area contributed by atoms with Crippen LogP contribution in [0.25, 0.3) is 11.5 Å². The minimum Gasteiger partial charge on any atom is -0.398 e. The Balaban J connectivity index is 2.24. The van der Waals surface area contributed by atoms with Crippen LogP contribution in [0.3, 0.4) is 0 Å². The van der Waals surface area contributed by atoms with Gasteiger partial charge in [0, 0.05) is 17.9 Å². The van der Waals surface area contributed by atoms with Crippen molar-refractivity contribution in [1.29, 1.82) is 0 Å². The number of hydrogen-bond donors (Lipinski definition) is 1. The lowest BCUT2D eigenvalue weighted by atomic mass is 10.1. The summed E-state index contributed by atoms with van der Waals surface area (Å²) in [5.74, 6) is 1.08. The Kier molecular flexibility index (Phi) is 4.74. The molecule has 20 heavy (non-hydrogen) atoms. The van der Waals surface area contributed by atoms with E-state index in [1.807, 2.05) is 32.0 Å². The van der Waals surface area contributed by atoms with Gasteiger partial charge in [0.1, 0.15) is 6.10 Å². The van der Waals surface area contributed by atoms with E-state index in [1.54, 1.807) is 0 Å². The van der Waals surface area contributed by atoms with Crippen molar-refractivity contribution in [2.75, 3.05) is 12.3 Å². The fraction of sp³-hybridized carbons (Fsp3) is 0.467. The Morgan fingerprint density at radius 2 is 2.15 bits per heavy atom. The highest BCUT2D eigenvalue weighted by molar-refractivity contribution is 5.62. The van der Waals surface area contributed by atoms with Gasteiger partial charge in [-0.1, -0.05) is 24.6 Å². The van der Waals surface area contributed by atoms with Gasteiger partial charge in [-0.15, -0.1) is 0 Å². The van der Waals surface area contributed by atoms with Crippen LogP contribution in [0.2, 0.25) is 0 Å². The van der Waals surface area contributed by atoms with Crippen LogP contribution in [-0.2, 0) is 4.74 Å². The highest BCUT2D eigenvalue weighted by Gasteiger charge is 2.18. The molecule has 1 atom stereocenters. The van der Waals surface area contributed by atoms with Crippen LogP contribution in [0.4, 0.5) is 5.69 Å². The Labute approximate surface area is 119 Å². The number of benzene rings is 1. The number of anilines is 1. The van der Waals surface area contributed by atoms with Crippen molar-refractivity contribution in [1.82, 2.24) is 10.1 Å². The first kappa shape index (κ1) is 14.5. The topological polar surface area (TPSA) is 74.2 Å². The molecule has 0 bridgehead atoms. The van der Waals surface area contributed by atoms with Gasteiger partial charge in [-0.3, -0.25) is 0 Å². The van der Waals surface area contributed by atoms with Gasteiger partial charge >= 0.3 is 0 Å². The van der Waals surface area contributed by atoms with Crippen LogP contribution >= 0.6 is 0 Å². The van der Waals surface area contributed by atoms with Crippen molar-refractivity contribution in [2.24, 2.45) is 0 Å². The van der Waals surface area contributed by atoms with Crippen LogP contribution in [0.1, 0.15) is 44.2 Å². The van der Waals surface area contributed by atoms with Crippen molar-refractivity contribution in [3.63, 3.8) is 0 Å². The van der Waals surface area contributed by atoms with Crippen molar-refractivity contribution in [3.8, 4) is 11.5 Å². The summed E-state index contributed by atoms with van der Waals surface area (Å²) in [4.78, 5) is 4.43. The Morgan fingerprint density at radius 3 is 2.80 bits per heavy atom. The SMILES string of the molecule is CCCC(OCC)c1noc(-c2ccc(C)c(N)c2)n1. The molecule has 0 aliphatic rings. The van der Waals surface area contributed by atoms with Gasteiger partial charge in [0.25, 0.3) is 5.89 Å². The fourth-order valence-electron chi connectivity index (χ4n) is 2.01. The molecule has 1 heterocycles. The molecular weight excluding hydrogens is 254 g/mol. The zero-order chi connectivity index (χ0) is 14.5. The molecule has 2 rings (SSSR count). The maximum atomic E-state index is 5.91. The zero-order valence-corrected chi connectivity index (χ0v) is 12.2. The number of nitrogens with two attached hydrogens (primary N) is 1. The van der Waals surface area contributed by atoms with E-state index >= 15 is 0 Å². The molecule has 0 fully saturated rings. The van der Waals surface area contributed by atoms with Crippen LogP contribution in [0.5, 0.6) is 0 Å². The number of nitrogens with zero attached hydrogens (tertiary/aromatic N) is 2. The summed E-state index contributed by atoms with van der Waals surface area (Å²) in [6, 6.07) is 5.72. The molecular formula is C15H21N3O2. The molecule has 1 aromatic carbocycles. The third kappa shape index (κ3) is 3.17. The first-order chi connectivity index (χ1) is 9.65. The third-order valence-corrected chi connectivity index (χ3v) is 3.17. The predicted molar refractivity (Wildman–Crippen MR) is 78.2 cm³/mol. The molecule has 5 nitrogen and oxygen atoms in total. The van der Waals surface area contributed by atoms with Crippen LogP contribution in [-0.4, -0.2) is 16.7 Å². The quantitative estimate of drug-likeness (QED) is 0.817. The minimum atomic E-state index is -0.106. The predicted octanol–water partition coefficient (Wildman–Crippen LogP) is 3.50. The van der Waals surface area contributed by atoms with Gasteiger partial charge in [-0.05, 0) is 38.0 Å². The first-order valence-electron chi connectivity index (χ1n) is 6.97. The lowest BCUT2D eigenvalue weighted by Gasteiger charge is -2.11.